The second-order valence-electron chi connectivity index (χ2n) is 3.83. The zero-order valence-electron chi connectivity index (χ0n) is 12.0. The highest BCUT2D eigenvalue weighted by molar-refractivity contribution is 14.0. The molecule has 0 aliphatic heterocycles. The van der Waals surface area contributed by atoms with Crippen LogP contribution in [0.3, 0.4) is 0 Å². The van der Waals surface area contributed by atoms with E-state index in [-0.39, 0.29) is 24.0 Å². The van der Waals surface area contributed by atoms with Gasteiger partial charge in [0.25, 0.3) is 0 Å². The van der Waals surface area contributed by atoms with Gasteiger partial charge in [0.15, 0.2) is 5.96 Å². The molecule has 0 aliphatic carbocycles. The summed E-state index contributed by atoms with van der Waals surface area (Å²) in [6, 6.07) is 7.94. The Bertz CT molecular complexity index is 455. The third-order valence-electron chi connectivity index (χ3n) is 2.33. The average molecular weight is 387 g/mol. The van der Waals surface area contributed by atoms with Gasteiger partial charge in [0, 0.05) is 6.54 Å². The van der Waals surface area contributed by atoms with E-state index in [1.165, 1.54) is 0 Å². The number of rotatable bonds is 6. The van der Waals surface area contributed by atoms with Gasteiger partial charge in [-0.2, -0.15) is 0 Å². The van der Waals surface area contributed by atoms with Crippen molar-refractivity contribution in [3.05, 3.63) is 29.8 Å². The van der Waals surface area contributed by atoms with Crippen molar-refractivity contribution in [3.8, 4) is 18.1 Å². The van der Waals surface area contributed by atoms with E-state index in [0.29, 0.717) is 19.7 Å². The van der Waals surface area contributed by atoms with Crippen LogP contribution < -0.4 is 15.4 Å². The van der Waals surface area contributed by atoms with Crippen LogP contribution in [0.1, 0.15) is 19.4 Å². The highest BCUT2D eigenvalue weighted by atomic mass is 127. The highest BCUT2D eigenvalue weighted by Crippen LogP contribution is 2.13. The van der Waals surface area contributed by atoms with Crippen molar-refractivity contribution in [2.75, 3.05) is 19.7 Å². The van der Waals surface area contributed by atoms with Crippen LogP contribution in [-0.2, 0) is 6.54 Å². The van der Waals surface area contributed by atoms with Crippen LogP contribution in [0.25, 0.3) is 0 Å². The molecule has 0 heterocycles. The number of guanidine groups is 1. The molecule has 0 amide bonds. The minimum absolute atomic E-state index is 0. The molecular formula is C15H22IN3O. The molecule has 1 rings (SSSR count). The number of benzene rings is 1. The topological polar surface area (TPSA) is 45.7 Å². The molecule has 0 atom stereocenters. The monoisotopic (exact) mass is 387 g/mol. The van der Waals surface area contributed by atoms with Gasteiger partial charge in [-0.3, -0.25) is 0 Å². The quantitative estimate of drug-likeness (QED) is 0.341. The number of ether oxygens (including phenoxy) is 1. The minimum atomic E-state index is 0. The number of halogens is 1. The lowest BCUT2D eigenvalue weighted by molar-refractivity contribution is 0.340. The van der Waals surface area contributed by atoms with E-state index < -0.39 is 0 Å². The molecule has 0 fully saturated rings. The van der Waals surface area contributed by atoms with Crippen LogP contribution in [-0.4, -0.2) is 25.7 Å². The van der Waals surface area contributed by atoms with Crippen LogP contribution in [0.15, 0.2) is 29.3 Å². The summed E-state index contributed by atoms with van der Waals surface area (Å²) < 4.78 is 5.46. The normalized spacial score (nSPS) is 10.2. The van der Waals surface area contributed by atoms with E-state index in [0.717, 1.165) is 23.8 Å². The van der Waals surface area contributed by atoms with Gasteiger partial charge in [-0.1, -0.05) is 18.1 Å². The number of aliphatic imine (C=N–C) groups is 1. The lowest BCUT2D eigenvalue weighted by atomic mass is 10.2. The van der Waals surface area contributed by atoms with Crippen molar-refractivity contribution >= 4 is 29.9 Å². The number of nitrogens with one attached hydrogen (secondary N) is 2. The number of terminal acetylenes is 1. The summed E-state index contributed by atoms with van der Waals surface area (Å²) in [5.74, 6) is 4.13. The second kappa shape index (κ2) is 11.4. The molecule has 0 unspecified atom stereocenters. The van der Waals surface area contributed by atoms with Gasteiger partial charge in [0.1, 0.15) is 5.75 Å². The van der Waals surface area contributed by atoms with E-state index in [4.69, 9.17) is 11.2 Å². The van der Waals surface area contributed by atoms with Crippen LogP contribution in [0.4, 0.5) is 0 Å². The van der Waals surface area contributed by atoms with Crippen molar-refractivity contribution in [3.63, 3.8) is 0 Å². The Hall–Kier alpha value is -1.42. The summed E-state index contributed by atoms with van der Waals surface area (Å²) in [6.45, 7) is 6.50. The lowest BCUT2D eigenvalue weighted by Gasteiger charge is -2.09. The molecule has 110 valence electrons. The summed E-state index contributed by atoms with van der Waals surface area (Å²) in [5, 5.41) is 6.19. The molecule has 5 heteroatoms. The fourth-order valence-electron chi connectivity index (χ4n) is 1.55. The van der Waals surface area contributed by atoms with Gasteiger partial charge in [-0.15, -0.1) is 30.4 Å². The molecule has 0 spiro atoms. The van der Waals surface area contributed by atoms with Crippen molar-refractivity contribution in [2.45, 2.75) is 20.4 Å². The van der Waals surface area contributed by atoms with E-state index >= 15 is 0 Å². The highest BCUT2D eigenvalue weighted by Gasteiger charge is 1.98. The molecule has 20 heavy (non-hydrogen) atoms. The van der Waals surface area contributed by atoms with Crippen LogP contribution in [0.2, 0.25) is 0 Å². The Morgan fingerprint density at radius 2 is 2.15 bits per heavy atom. The Morgan fingerprint density at radius 3 is 2.80 bits per heavy atom. The van der Waals surface area contributed by atoms with Crippen molar-refractivity contribution in [1.82, 2.24) is 10.6 Å². The zero-order valence-corrected chi connectivity index (χ0v) is 14.3. The molecule has 1 aromatic carbocycles. The van der Waals surface area contributed by atoms with Crippen LogP contribution >= 0.6 is 24.0 Å². The molecule has 4 nitrogen and oxygen atoms in total. The molecular weight excluding hydrogens is 365 g/mol. The first kappa shape index (κ1) is 18.6. The summed E-state index contributed by atoms with van der Waals surface area (Å²) in [4.78, 5) is 4.47. The fraction of sp³-hybridized carbons (Fsp3) is 0.400. The van der Waals surface area contributed by atoms with Gasteiger partial charge >= 0.3 is 0 Å². The first-order valence-electron chi connectivity index (χ1n) is 6.47. The number of hydrogen-bond acceptors (Lipinski definition) is 2. The van der Waals surface area contributed by atoms with Crippen LogP contribution in [0.5, 0.6) is 5.75 Å². The molecule has 2 N–H and O–H groups in total. The smallest absolute Gasteiger partial charge is 0.192 e. The molecule has 0 radical (unpaired) electrons. The maximum Gasteiger partial charge on any atom is 0.192 e. The number of nitrogens with zero attached hydrogens (tertiary/aromatic N) is 1. The average Bonchev–Trinajstić information content (AvgIpc) is 2.43. The fourth-order valence-corrected chi connectivity index (χ4v) is 1.55. The molecule has 0 saturated carbocycles. The Balaban J connectivity index is 0.00000361. The summed E-state index contributed by atoms with van der Waals surface area (Å²) in [7, 11) is 0. The van der Waals surface area contributed by atoms with Crippen molar-refractivity contribution < 1.29 is 4.74 Å². The van der Waals surface area contributed by atoms with Gasteiger partial charge < -0.3 is 15.4 Å². The summed E-state index contributed by atoms with van der Waals surface area (Å²) >= 11 is 0. The Labute approximate surface area is 138 Å². The van der Waals surface area contributed by atoms with Gasteiger partial charge in [-0.05, 0) is 31.5 Å². The van der Waals surface area contributed by atoms with E-state index in [2.05, 4.69) is 21.5 Å². The zero-order chi connectivity index (χ0) is 13.9. The molecule has 0 aliphatic rings. The SMILES string of the molecule is C#CCNC(=NCc1cccc(OCC)c1)NCC.I. The predicted molar refractivity (Wildman–Crippen MR) is 94.7 cm³/mol. The standard InChI is InChI=1S/C15H21N3O.HI/c1-4-10-17-15(16-5-2)18-12-13-8-7-9-14(11-13)19-6-3;/h1,7-9,11H,5-6,10,12H2,2-3H3,(H2,16,17,18);1H. The Kier molecular flexibility index (Phi) is 10.6. The summed E-state index contributed by atoms with van der Waals surface area (Å²) in [6.07, 6.45) is 5.22. The molecule has 1 aromatic rings. The second-order valence-corrected chi connectivity index (χ2v) is 3.83. The van der Waals surface area contributed by atoms with Gasteiger partial charge in [0.05, 0.1) is 19.7 Å². The first-order valence-corrected chi connectivity index (χ1v) is 6.47. The van der Waals surface area contributed by atoms with E-state index in [1.807, 2.05) is 38.1 Å². The minimum Gasteiger partial charge on any atom is -0.494 e. The predicted octanol–water partition coefficient (Wildman–Crippen LogP) is 2.39. The third kappa shape index (κ3) is 7.24. The van der Waals surface area contributed by atoms with E-state index in [1.54, 1.807) is 0 Å². The third-order valence-corrected chi connectivity index (χ3v) is 2.33. The first-order chi connectivity index (χ1) is 9.30. The Morgan fingerprint density at radius 1 is 1.35 bits per heavy atom. The van der Waals surface area contributed by atoms with Crippen molar-refractivity contribution in [1.29, 1.82) is 0 Å². The maximum absolute atomic E-state index is 5.46. The van der Waals surface area contributed by atoms with Crippen LogP contribution in [0, 0.1) is 12.3 Å². The van der Waals surface area contributed by atoms with E-state index in [9.17, 15) is 0 Å². The lowest BCUT2D eigenvalue weighted by Crippen LogP contribution is -2.37. The van der Waals surface area contributed by atoms with Crippen molar-refractivity contribution in [2.24, 2.45) is 4.99 Å². The van der Waals surface area contributed by atoms with Gasteiger partial charge in [0.2, 0.25) is 0 Å². The molecule has 0 bridgehead atoms. The van der Waals surface area contributed by atoms with Gasteiger partial charge in [-0.25, -0.2) is 4.99 Å². The molecule has 0 saturated heterocycles. The summed E-state index contributed by atoms with van der Waals surface area (Å²) in [5.41, 5.74) is 1.10. The number of hydrogen-bond donors (Lipinski definition) is 2. The maximum atomic E-state index is 5.46. The molecule has 0 aromatic heterocycles. The largest absolute Gasteiger partial charge is 0.494 e.